The first-order chi connectivity index (χ1) is 9.15. The number of H-pyrrole nitrogens is 1. The molecule has 0 saturated carbocycles. The molecule has 3 aromatic rings. The number of carboxylic acid groups (broad SMARTS) is 1. The minimum Gasteiger partial charge on any atom is -0.478 e. The molecular formula is C14H9BrN2O2. The van der Waals surface area contributed by atoms with E-state index in [-0.39, 0.29) is 5.56 Å². The Morgan fingerprint density at radius 1 is 1.16 bits per heavy atom. The van der Waals surface area contributed by atoms with E-state index in [1.54, 1.807) is 12.1 Å². The summed E-state index contributed by atoms with van der Waals surface area (Å²) in [7, 11) is 0. The molecule has 0 aliphatic heterocycles. The zero-order valence-electron chi connectivity index (χ0n) is 9.72. The molecule has 94 valence electrons. The summed E-state index contributed by atoms with van der Waals surface area (Å²) in [6, 6.07) is 12.7. The van der Waals surface area contributed by atoms with Crippen molar-refractivity contribution in [1.29, 1.82) is 0 Å². The number of aromatic amines is 1. The first-order valence-electron chi connectivity index (χ1n) is 5.63. The molecule has 0 bridgehead atoms. The van der Waals surface area contributed by atoms with Gasteiger partial charge in [-0.1, -0.05) is 34.1 Å². The fraction of sp³-hybridized carbons (Fsp3) is 0. The van der Waals surface area contributed by atoms with Gasteiger partial charge in [-0.2, -0.15) is 0 Å². The van der Waals surface area contributed by atoms with Gasteiger partial charge >= 0.3 is 5.97 Å². The van der Waals surface area contributed by atoms with E-state index in [9.17, 15) is 4.79 Å². The summed E-state index contributed by atoms with van der Waals surface area (Å²) in [6.45, 7) is 0. The number of hydrogen-bond acceptors (Lipinski definition) is 2. The molecule has 1 aromatic heterocycles. The van der Waals surface area contributed by atoms with E-state index in [4.69, 9.17) is 5.11 Å². The van der Waals surface area contributed by atoms with Crippen molar-refractivity contribution in [3.63, 3.8) is 0 Å². The Balaban J connectivity index is 2.19. The monoisotopic (exact) mass is 316 g/mol. The van der Waals surface area contributed by atoms with Crippen LogP contribution in [-0.4, -0.2) is 21.0 Å². The Labute approximate surface area is 117 Å². The largest absolute Gasteiger partial charge is 0.478 e. The SMILES string of the molecule is O=C(O)c1cccc2[nH]c(-c3ccc(Br)cc3)nc12. The molecule has 0 aliphatic carbocycles. The second kappa shape index (κ2) is 4.51. The van der Waals surface area contributed by atoms with E-state index >= 15 is 0 Å². The van der Waals surface area contributed by atoms with Gasteiger partial charge in [0.25, 0.3) is 0 Å². The second-order valence-corrected chi connectivity index (χ2v) is 5.01. The molecule has 3 rings (SSSR count). The summed E-state index contributed by atoms with van der Waals surface area (Å²) in [6.07, 6.45) is 0. The number of nitrogens with zero attached hydrogens (tertiary/aromatic N) is 1. The van der Waals surface area contributed by atoms with Crippen LogP contribution in [0.25, 0.3) is 22.4 Å². The third-order valence-electron chi connectivity index (χ3n) is 2.86. The molecule has 0 unspecified atom stereocenters. The molecule has 2 aromatic carbocycles. The van der Waals surface area contributed by atoms with Crippen LogP contribution in [0.4, 0.5) is 0 Å². The Morgan fingerprint density at radius 2 is 1.89 bits per heavy atom. The molecule has 5 heteroatoms. The lowest BCUT2D eigenvalue weighted by molar-refractivity contribution is 0.0699. The average molecular weight is 317 g/mol. The van der Waals surface area contributed by atoms with Gasteiger partial charge in [-0.3, -0.25) is 0 Å². The highest BCUT2D eigenvalue weighted by atomic mass is 79.9. The highest BCUT2D eigenvalue weighted by molar-refractivity contribution is 9.10. The smallest absolute Gasteiger partial charge is 0.337 e. The van der Waals surface area contributed by atoms with Crippen LogP contribution in [0.15, 0.2) is 46.9 Å². The molecule has 0 spiro atoms. The summed E-state index contributed by atoms with van der Waals surface area (Å²) in [5.41, 5.74) is 2.32. The molecule has 0 fully saturated rings. The number of fused-ring (bicyclic) bond motifs is 1. The quantitative estimate of drug-likeness (QED) is 0.757. The first-order valence-corrected chi connectivity index (χ1v) is 6.42. The number of carboxylic acids is 1. The fourth-order valence-electron chi connectivity index (χ4n) is 1.95. The number of aromatic carboxylic acids is 1. The van der Waals surface area contributed by atoms with Crippen LogP contribution in [0.2, 0.25) is 0 Å². The van der Waals surface area contributed by atoms with E-state index in [2.05, 4.69) is 25.9 Å². The van der Waals surface area contributed by atoms with E-state index in [0.29, 0.717) is 11.3 Å². The predicted octanol–water partition coefficient (Wildman–Crippen LogP) is 3.69. The number of imidazole rings is 1. The van der Waals surface area contributed by atoms with Crippen molar-refractivity contribution in [1.82, 2.24) is 9.97 Å². The van der Waals surface area contributed by atoms with Crippen molar-refractivity contribution < 1.29 is 9.90 Å². The molecule has 0 radical (unpaired) electrons. The van der Waals surface area contributed by atoms with Crippen LogP contribution in [0.5, 0.6) is 0 Å². The normalized spacial score (nSPS) is 10.8. The lowest BCUT2D eigenvalue weighted by Gasteiger charge is -1.95. The summed E-state index contributed by atoms with van der Waals surface area (Å²) in [5, 5.41) is 9.14. The molecule has 0 saturated heterocycles. The van der Waals surface area contributed by atoms with Crippen molar-refractivity contribution in [3.8, 4) is 11.4 Å². The number of hydrogen-bond donors (Lipinski definition) is 2. The fourth-order valence-corrected chi connectivity index (χ4v) is 2.21. The van der Waals surface area contributed by atoms with Crippen molar-refractivity contribution in [2.24, 2.45) is 0 Å². The van der Waals surface area contributed by atoms with Crippen molar-refractivity contribution in [2.45, 2.75) is 0 Å². The van der Waals surface area contributed by atoms with Crippen molar-refractivity contribution >= 4 is 32.9 Å². The van der Waals surface area contributed by atoms with Crippen LogP contribution in [-0.2, 0) is 0 Å². The zero-order chi connectivity index (χ0) is 13.4. The van der Waals surface area contributed by atoms with Gasteiger partial charge in [0.2, 0.25) is 0 Å². The van der Waals surface area contributed by atoms with Gasteiger partial charge < -0.3 is 10.1 Å². The van der Waals surface area contributed by atoms with Crippen molar-refractivity contribution in [2.75, 3.05) is 0 Å². The van der Waals surface area contributed by atoms with Crippen molar-refractivity contribution in [3.05, 3.63) is 52.5 Å². The third-order valence-corrected chi connectivity index (χ3v) is 3.39. The Bertz CT molecular complexity index is 763. The van der Waals surface area contributed by atoms with Crippen LogP contribution in [0.3, 0.4) is 0 Å². The second-order valence-electron chi connectivity index (χ2n) is 4.10. The molecule has 19 heavy (non-hydrogen) atoms. The van der Waals surface area contributed by atoms with Crippen LogP contribution < -0.4 is 0 Å². The van der Waals surface area contributed by atoms with Gasteiger partial charge in [-0.05, 0) is 24.3 Å². The van der Waals surface area contributed by atoms with Gasteiger partial charge in [-0.25, -0.2) is 9.78 Å². The maximum Gasteiger partial charge on any atom is 0.337 e. The maximum atomic E-state index is 11.1. The van der Waals surface area contributed by atoms with E-state index < -0.39 is 5.97 Å². The summed E-state index contributed by atoms with van der Waals surface area (Å²) >= 11 is 3.38. The van der Waals surface area contributed by atoms with Gasteiger partial charge in [0, 0.05) is 10.0 Å². The van der Waals surface area contributed by atoms with Gasteiger partial charge in [0.15, 0.2) is 0 Å². The third kappa shape index (κ3) is 2.13. The maximum absolute atomic E-state index is 11.1. The zero-order valence-corrected chi connectivity index (χ0v) is 11.3. The summed E-state index contributed by atoms with van der Waals surface area (Å²) in [4.78, 5) is 18.7. The van der Waals surface area contributed by atoms with E-state index in [1.165, 1.54) is 0 Å². The number of halogens is 1. The van der Waals surface area contributed by atoms with Crippen LogP contribution >= 0.6 is 15.9 Å². The molecule has 2 N–H and O–H groups in total. The predicted molar refractivity (Wildman–Crippen MR) is 76.2 cm³/mol. The minimum absolute atomic E-state index is 0.206. The first kappa shape index (κ1) is 11.9. The van der Waals surface area contributed by atoms with Gasteiger partial charge in [0.1, 0.15) is 11.3 Å². The molecule has 1 heterocycles. The van der Waals surface area contributed by atoms with E-state index in [1.807, 2.05) is 30.3 Å². The minimum atomic E-state index is -0.973. The molecular weight excluding hydrogens is 308 g/mol. The Kier molecular flexibility index (Phi) is 2.83. The molecule has 0 atom stereocenters. The lowest BCUT2D eigenvalue weighted by Crippen LogP contribution is -1.96. The Hall–Kier alpha value is -2.14. The van der Waals surface area contributed by atoms with E-state index in [0.717, 1.165) is 15.6 Å². The van der Waals surface area contributed by atoms with Gasteiger partial charge in [0.05, 0.1) is 11.1 Å². The number of para-hydroxylation sites is 1. The highest BCUT2D eigenvalue weighted by Gasteiger charge is 2.12. The average Bonchev–Trinajstić information content (AvgIpc) is 2.82. The summed E-state index contributed by atoms with van der Waals surface area (Å²) in [5.74, 6) is -0.310. The van der Waals surface area contributed by atoms with Crippen LogP contribution in [0.1, 0.15) is 10.4 Å². The summed E-state index contributed by atoms with van der Waals surface area (Å²) < 4.78 is 0.985. The number of carbonyl (C=O) groups is 1. The topological polar surface area (TPSA) is 66.0 Å². The number of aromatic nitrogens is 2. The number of benzene rings is 2. The number of nitrogens with one attached hydrogen (secondary N) is 1. The standard InChI is InChI=1S/C14H9BrN2O2/c15-9-6-4-8(5-7-9)13-16-11-3-1-2-10(14(18)19)12(11)17-13/h1-7H,(H,16,17)(H,18,19). The number of rotatable bonds is 2. The molecule has 4 nitrogen and oxygen atoms in total. The van der Waals surface area contributed by atoms with Gasteiger partial charge in [-0.15, -0.1) is 0 Å². The lowest BCUT2D eigenvalue weighted by atomic mass is 10.2. The molecule has 0 amide bonds. The molecule has 0 aliphatic rings. The van der Waals surface area contributed by atoms with Crippen LogP contribution in [0, 0.1) is 0 Å². The Morgan fingerprint density at radius 3 is 2.58 bits per heavy atom. The highest BCUT2D eigenvalue weighted by Crippen LogP contribution is 2.24.